The van der Waals surface area contributed by atoms with Crippen molar-refractivity contribution in [1.29, 1.82) is 0 Å². The molecular formula is C7H12N2O2. The zero-order valence-corrected chi connectivity index (χ0v) is 6.59. The van der Waals surface area contributed by atoms with Crippen LogP contribution in [0.25, 0.3) is 0 Å². The maximum atomic E-state index is 11.2. The monoisotopic (exact) mass is 156 g/mol. The summed E-state index contributed by atoms with van der Waals surface area (Å²) in [4.78, 5) is 16.3. The van der Waals surface area contributed by atoms with Crippen molar-refractivity contribution in [2.75, 3.05) is 20.2 Å². The fourth-order valence-corrected chi connectivity index (χ4v) is 1.89. The molecule has 0 aromatic rings. The van der Waals surface area contributed by atoms with Gasteiger partial charge in [-0.25, -0.2) is 0 Å². The Kier molecular flexibility index (Phi) is 1.40. The summed E-state index contributed by atoms with van der Waals surface area (Å²) in [6, 6.07) is 0. The Morgan fingerprint density at radius 1 is 1.73 bits per heavy atom. The van der Waals surface area contributed by atoms with Gasteiger partial charge in [0.05, 0.1) is 7.11 Å². The molecule has 2 fully saturated rings. The number of β-lactam (4-membered cyclic amide) rings is 1. The van der Waals surface area contributed by atoms with Gasteiger partial charge in [0.15, 0.2) is 0 Å². The van der Waals surface area contributed by atoms with Crippen LogP contribution in [0.1, 0.15) is 12.8 Å². The molecule has 0 radical (unpaired) electrons. The number of amides is 1. The number of nitrogens with zero attached hydrogens (tertiary/aromatic N) is 1. The molecule has 11 heavy (non-hydrogen) atoms. The molecule has 1 atom stereocenters. The van der Waals surface area contributed by atoms with Crippen molar-refractivity contribution in [2.24, 2.45) is 0 Å². The van der Waals surface area contributed by atoms with E-state index in [-0.39, 0.29) is 11.4 Å². The van der Waals surface area contributed by atoms with Crippen molar-refractivity contribution in [3.8, 4) is 0 Å². The van der Waals surface area contributed by atoms with E-state index in [1.807, 2.05) is 0 Å². The highest BCUT2D eigenvalue weighted by atomic mass is 16.7. The molecule has 0 aromatic heterocycles. The smallest absolute Gasteiger partial charge is 0.244 e. The standard InChI is InChI=1S/C7H12N2O2/c1-11-9-4-2-3-7(9)5-8-6(7)10/h2-5H2,1H3,(H,8,10). The SMILES string of the molecule is CON1CCCC12CNC2=O. The van der Waals surface area contributed by atoms with Crippen LogP contribution in [0.15, 0.2) is 0 Å². The molecule has 1 amide bonds. The molecule has 2 aliphatic rings. The van der Waals surface area contributed by atoms with Crippen LogP contribution < -0.4 is 5.32 Å². The van der Waals surface area contributed by atoms with Gasteiger partial charge in [-0.15, -0.1) is 0 Å². The fraction of sp³-hybridized carbons (Fsp3) is 0.857. The number of nitrogens with one attached hydrogen (secondary N) is 1. The first-order valence-electron chi connectivity index (χ1n) is 3.90. The summed E-state index contributed by atoms with van der Waals surface area (Å²) in [7, 11) is 1.62. The second-order valence-corrected chi connectivity index (χ2v) is 3.10. The lowest BCUT2D eigenvalue weighted by atomic mass is 9.89. The van der Waals surface area contributed by atoms with Crippen LogP contribution in [0, 0.1) is 0 Å². The third-order valence-corrected chi connectivity index (χ3v) is 2.61. The maximum Gasteiger partial charge on any atom is 0.244 e. The number of hydrogen-bond acceptors (Lipinski definition) is 3. The minimum Gasteiger partial charge on any atom is -0.352 e. The summed E-state index contributed by atoms with van der Waals surface area (Å²) in [5.41, 5.74) is -0.297. The predicted molar refractivity (Wildman–Crippen MR) is 38.7 cm³/mol. The average Bonchev–Trinajstić information content (AvgIpc) is 2.46. The van der Waals surface area contributed by atoms with Crippen molar-refractivity contribution < 1.29 is 9.63 Å². The molecular weight excluding hydrogens is 144 g/mol. The van der Waals surface area contributed by atoms with Gasteiger partial charge in [0.2, 0.25) is 5.91 Å². The second kappa shape index (κ2) is 2.19. The molecule has 62 valence electrons. The third kappa shape index (κ3) is 0.736. The van der Waals surface area contributed by atoms with Gasteiger partial charge in [0.1, 0.15) is 5.54 Å². The normalized spacial score (nSPS) is 37.4. The first-order chi connectivity index (χ1) is 5.29. The van der Waals surface area contributed by atoms with E-state index in [1.54, 1.807) is 12.2 Å². The number of carbonyl (C=O) groups is 1. The molecule has 2 aliphatic heterocycles. The molecule has 0 aliphatic carbocycles. The summed E-state index contributed by atoms with van der Waals surface area (Å²) >= 11 is 0. The van der Waals surface area contributed by atoms with Gasteiger partial charge in [-0.2, -0.15) is 5.06 Å². The molecule has 4 nitrogen and oxygen atoms in total. The van der Waals surface area contributed by atoms with Gasteiger partial charge in [0, 0.05) is 13.1 Å². The first kappa shape index (κ1) is 7.06. The van der Waals surface area contributed by atoms with Gasteiger partial charge in [-0.1, -0.05) is 0 Å². The second-order valence-electron chi connectivity index (χ2n) is 3.10. The van der Waals surface area contributed by atoms with Gasteiger partial charge in [-0.05, 0) is 12.8 Å². The van der Waals surface area contributed by atoms with Crippen molar-refractivity contribution >= 4 is 5.91 Å². The molecule has 4 heteroatoms. The van der Waals surface area contributed by atoms with Crippen LogP contribution in [0.3, 0.4) is 0 Å². The van der Waals surface area contributed by atoms with Gasteiger partial charge in [0.25, 0.3) is 0 Å². The molecule has 0 saturated carbocycles. The lowest BCUT2D eigenvalue weighted by molar-refractivity contribution is -0.200. The van der Waals surface area contributed by atoms with E-state index in [0.29, 0.717) is 0 Å². The maximum absolute atomic E-state index is 11.2. The van der Waals surface area contributed by atoms with Gasteiger partial charge >= 0.3 is 0 Å². The van der Waals surface area contributed by atoms with E-state index in [1.165, 1.54) is 0 Å². The highest BCUT2D eigenvalue weighted by molar-refractivity contribution is 5.92. The summed E-state index contributed by atoms with van der Waals surface area (Å²) < 4.78 is 0. The quantitative estimate of drug-likeness (QED) is 0.521. The Labute approximate surface area is 65.5 Å². The molecule has 1 unspecified atom stereocenters. The molecule has 2 heterocycles. The highest BCUT2D eigenvalue weighted by Gasteiger charge is 2.54. The number of carbonyl (C=O) groups excluding carboxylic acids is 1. The van der Waals surface area contributed by atoms with E-state index < -0.39 is 0 Å². The molecule has 0 aromatic carbocycles. The Hall–Kier alpha value is -0.610. The predicted octanol–water partition coefficient (Wildman–Crippen LogP) is -0.488. The van der Waals surface area contributed by atoms with Crippen LogP contribution in [-0.4, -0.2) is 36.7 Å². The minimum atomic E-state index is -0.297. The van der Waals surface area contributed by atoms with Crippen LogP contribution in [0.2, 0.25) is 0 Å². The van der Waals surface area contributed by atoms with E-state index in [0.717, 1.165) is 25.9 Å². The average molecular weight is 156 g/mol. The van der Waals surface area contributed by atoms with E-state index in [2.05, 4.69) is 5.32 Å². The Bertz CT molecular complexity index is 195. The summed E-state index contributed by atoms with van der Waals surface area (Å²) in [6.45, 7) is 1.63. The van der Waals surface area contributed by atoms with Crippen molar-refractivity contribution in [3.05, 3.63) is 0 Å². The summed E-state index contributed by atoms with van der Waals surface area (Å²) in [5, 5.41) is 4.54. The van der Waals surface area contributed by atoms with Gasteiger partial charge < -0.3 is 10.2 Å². The van der Waals surface area contributed by atoms with Crippen molar-refractivity contribution in [3.63, 3.8) is 0 Å². The van der Waals surface area contributed by atoms with Crippen molar-refractivity contribution in [1.82, 2.24) is 10.4 Å². The Balaban J connectivity index is 2.17. The lowest BCUT2D eigenvalue weighted by Crippen LogP contribution is -2.70. The summed E-state index contributed by atoms with van der Waals surface area (Å²) in [6.07, 6.45) is 1.99. The molecule has 0 bridgehead atoms. The summed E-state index contributed by atoms with van der Waals surface area (Å²) in [5.74, 6) is 0.122. The largest absolute Gasteiger partial charge is 0.352 e. The lowest BCUT2D eigenvalue weighted by Gasteiger charge is -2.42. The topological polar surface area (TPSA) is 41.6 Å². The van der Waals surface area contributed by atoms with Crippen LogP contribution in [-0.2, 0) is 9.63 Å². The molecule has 2 saturated heterocycles. The number of rotatable bonds is 1. The minimum absolute atomic E-state index is 0.122. The Morgan fingerprint density at radius 3 is 2.91 bits per heavy atom. The third-order valence-electron chi connectivity index (χ3n) is 2.61. The number of hydroxylamine groups is 2. The zero-order valence-electron chi connectivity index (χ0n) is 6.59. The Morgan fingerprint density at radius 2 is 2.55 bits per heavy atom. The van der Waals surface area contributed by atoms with Crippen LogP contribution >= 0.6 is 0 Å². The van der Waals surface area contributed by atoms with E-state index in [4.69, 9.17) is 4.84 Å². The van der Waals surface area contributed by atoms with Crippen molar-refractivity contribution in [2.45, 2.75) is 18.4 Å². The van der Waals surface area contributed by atoms with Crippen LogP contribution in [0.4, 0.5) is 0 Å². The van der Waals surface area contributed by atoms with E-state index in [9.17, 15) is 4.79 Å². The first-order valence-corrected chi connectivity index (χ1v) is 3.90. The van der Waals surface area contributed by atoms with Gasteiger partial charge in [-0.3, -0.25) is 4.79 Å². The van der Waals surface area contributed by atoms with Crippen LogP contribution in [0.5, 0.6) is 0 Å². The fourth-order valence-electron chi connectivity index (χ4n) is 1.89. The zero-order chi connectivity index (χ0) is 7.90. The highest BCUT2D eigenvalue weighted by Crippen LogP contribution is 2.33. The van der Waals surface area contributed by atoms with E-state index >= 15 is 0 Å². The number of hydrogen-bond donors (Lipinski definition) is 1. The molecule has 2 rings (SSSR count). The molecule has 1 N–H and O–H groups in total. The molecule has 1 spiro atoms.